The molecule has 2 N–H and O–H groups in total. The second-order valence-corrected chi connectivity index (χ2v) is 6.59. The number of hydrogen-bond acceptors (Lipinski definition) is 6. The van der Waals surface area contributed by atoms with Gasteiger partial charge in [0.2, 0.25) is 0 Å². The summed E-state index contributed by atoms with van der Waals surface area (Å²) in [5, 5.41) is 12.6. The lowest BCUT2D eigenvalue weighted by molar-refractivity contribution is -0.274. The monoisotopic (exact) mass is 425 g/mol. The van der Waals surface area contributed by atoms with Crippen molar-refractivity contribution in [2.45, 2.75) is 25.9 Å². The molecule has 11 heteroatoms. The van der Waals surface area contributed by atoms with Crippen molar-refractivity contribution in [2.75, 3.05) is 13.7 Å². The molecule has 1 aliphatic heterocycles. The minimum Gasteiger partial charge on any atom is -0.493 e. The second kappa shape index (κ2) is 8.84. The first-order valence-electron chi connectivity index (χ1n) is 8.97. The number of fused-ring (bicyclic) bond motifs is 1. The number of methoxy groups -OCH3 is 1. The molecule has 7 nitrogen and oxygen atoms in total. The van der Waals surface area contributed by atoms with Crippen LogP contribution in [-0.4, -0.2) is 44.2 Å². The smallest absolute Gasteiger partial charge is 0.493 e. The van der Waals surface area contributed by atoms with Crippen LogP contribution < -0.4 is 25.0 Å². The molecule has 1 heterocycles. The molecule has 0 aromatic heterocycles. The lowest BCUT2D eigenvalue weighted by atomic mass is 9.78. The Labute approximate surface area is 170 Å². The van der Waals surface area contributed by atoms with Crippen LogP contribution in [0.25, 0.3) is 0 Å². The highest BCUT2D eigenvalue weighted by Gasteiger charge is 2.33. The lowest BCUT2D eigenvalue weighted by Gasteiger charge is -2.18. The third-order valence-electron chi connectivity index (χ3n) is 4.31. The zero-order valence-electron chi connectivity index (χ0n) is 16.2. The number of nitrogens with one attached hydrogen (secondary N) is 1. The summed E-state index contributed by atoms with van der Waals surface area (Å²) in [7, 11) is 0.352. The summed E-state index contributed by atoms with van der Waals surface area (Å²) in [4.78, 5) is 12.3. The molecule has 0 bridgehead atoms. The van der Waals surface area contributed by atoms with Crippen LogP contribution in [0.5, 0.6) is 17.2 Å². The lowest BCUT2D eigenvalue weighted by Crippen LogP contribution is -2.37. The summed E-state index contributed by atoms with van der Waals surface area (Å²) in [5.41, 5.74) is 1.48. The number of benzene rings is 2. The van der Waals surface area contributed by atoms with Gasteiger partial charge in [-0.15, -0.1) is 13.2 Å². The van der Waals surface area contributed by atoms with E-state index in [4.69, 9.17) is 14.1 Å². The topological polar surface area (TPSA) is 86.3 Å². The van der Waals surface area contributed by atoms with E-state index in [0.29, 0.717) is 17.0 Å². The fourth-order valence-electron chi connectivity index (χ4n) is 2.96. The predicted octanol–water partition coefficient (Wildman–Crippen LogP) is 2.01. The first kappa shape index (κ1) is 21.8. The van der Waals surface area contributed by atoms with Crippen molar-refractivity contribution in [3.63, 3.8) is 0 Å². The number of halogens is 3. The molecule has 0 aliphatic carbocycles. The van der Waals surface area contributed by atoms with Gasteiger partial charge in [0.1, 0.15) is 12.4 Å². The standard InChI is InChI=1S/C19H19BF3NO6/c1-11(24-18(25)12-3-6-14(7-4-12)30-19(21,22)23)9-28-15-8-5-13-10-29-20(26)16(13)17(15)27-2/h3-8,11,26H,9-10H2,1-2H3,(H,24,25). The Balaban J connectivity index is 1.58. The molecule has 0 saturated carbocycles. The Kier molecular flexibility index (Phi) is 6.42. The Hall–Kier alpha value is -2.92. The summed E-state index contributed by atoms with van der Waals surface area (Å²) >= 11 is 0. The van der Waals surface area contributed by atoms with Gasteiger partial charge in [-0.3, -0.25) is 4.79 Å². The SMILES string of the molecule is COc1c(OCC(C)NC(=O)c2ccc(OC(F)(F)F)cc2)ccc2c1B(O)OC2. The van der Waals surface area contributed by atoms with Gasteiger partial charge in [-0.1, -0.05) is 6.07 Å². The molecule has 160 valence electrons. The van der Waals surface area contributed by atoms with Gasteiger partial charge in [-0.05, 0) is 42.8 Å². The van der Waals surface area contributed by atoms with Crippen LogP contribution in [-0.2, 0) is 11.3 Å². The molecule has 1 amide bonds. The van der Waals surface area contributed by atoms with Gasteiger partial charge in [-0.25, -0.2) is 0 Å². The van der Waals surface area contributed by atoms with Gasteiger partial charge >= 0.3 is 13.5 Å². The van der Waals surface area contributed by atoms with Crippen LogP contribution in [0.1, 0.15) is 22.8 Å². The largest absolute Gasteiger partial charge is 0.573 e. The molecule has 3 rings (SSSR count). The second-order valence-electron chi connectivity index (χ2n) is 6.59. The number of carbonyl (C=O) groups excluding carboxylic acids is 1. The number of carbonyl (C=O) groups is 1. The third kappa shape index (κ3) is 5.16. The van der Waals surface area contributed by atoms with Gasteiger partial charge in [-0.2, -0.15) is 0 Å². The fourth-order valence-corrected chi connectivity index (χ4v) is 2.96. The predicted molar refractivity (Wildman–Crippen MR) is 101 cm³/mol. The van der Waals surface area contributed by atoms with Gasteiger partial charge in [0.05, 0.1) is 19.8 Å². The maximum Gasteiger partial charge on any atom is 0.573 e. The van der Waals surface area contributed by atoms with Crippen molar-refractivity contribution in [1.82, 2.24) is 5.32 Å². The average molecular weight is 425 g/mol. The number of alkyl halides is 3. The molecule has 2 aromatic carbocycles. The van der Waals surface area contributed by atoms with Crippen LogP contribution in [0.3, 0.4) is 0 Å². The van der Waals surface area contributed by atoms with E-state index in [1.807, 2.05) is 0 Å². The zero-order chi connectivity index (χ0) is 21.9. The van der Waals surface area contributed by atoms with E-state index in [0.717, 1.165) is 17.7 Å². The highest BCUT2D eigenvalue weighted by atomic mass is 19.4. The zero-order valence-corrected chi connectivity index (χ0v) is 16.2. The summed E-state index contributed by atoms with van der Waals surface area (Å²) < 4.78 is 56.6. The molecule has 1 atom stereocenters. The Morgan fingerprint density at radius 2 is 1.97 bits per heavy atom. The Morgan fingerprint density at radius 3 is 2.60 bits per heavy atom. The molecule has 1 aliphatic rings. The third-order valence-corrected chi connectivity index (χ3v) is 4.31. The molecule has 0 radical (unpaired) electrons. The highest BCUT2D eigenvalue weighted by Crippen LogP contribution is 2.29. The molecule has 30 heavy (non-hydrogen) atoms. The maximum absolute atomic E-state index is 12.3. The molecular formula is C19H19BF3NO6. The normalized spacial score (nSPS) is 14.1. The van der Waals surface area contributed by atoms with Gasteiger partial charge < -0.3 is 29.2 Å². The number of hydrogen-bond donors (Lipinski definition) is 2. The van der Waals surface area contributed by atoms with Crippen molar-refractivity contribution < 1.29 is 41.9 Å². The van der Waals surface area contributed by atoms with E-state index in [1.54, 1.807) is 19.1 Å². The highest BCUT2D eigenvalue weighted by molar-refractivity contribution is 6.62. The van der Waals surface area contributed by atoms with Crippen molar-refractivity contribution in [3.8, 4) is 17.2 Å². The van der Waals surface area contributed by atoms with Crippen LogP contribution in [0.4, 0.5) is 13.2 Å². The molecule has 0 fully saturated rings. The number of amides is 1. The summed E-state index contributed by atoms with van der Waals surface area (Å²) in [5.74, 6) is -0.147. The summed E-state index contributed by atoms with van der Waals surface area (Å²) in [6.07, 6.45) is -4.80. The van der Waals surface area contributed by atoms with Gasteiger partial charge in [0.25, 0.3) is 5.91 Å². The first-order chi connectivity index (χ1) is 14.2. The molecule has 0 saturated heterocycles. The van der Waals surface area contributed by atoms with Gasteiger partial charge in [0.15, 0.2) is 11.5 Å². The van der Waals surface area contributed by atoms with E-state index in [9.17, 15) is 23.0 Å². The minimum atomic E-state index is -4.80. The average Bonchev–Trinajstić information content (AvgIpc) is 3.06. The molecule has 1 unspecified atom stereocenters. The van der Waals surface area contributed by atoms with Crippen molar-refractivity contribution in [3.05, 3.63) is 47.5 Å². The van der Waals surface area contributed by atoms with E-state index < -0.39 is 31.2 Å². The van der Waals surface area contributed by atoms with Crippen molar-refractivity contribution >= 4 is 18.5 Å². The van der Waals surface area contributed by atoms with E-state index >= 15 is 0 Å². The van der Waals surface area contributed by atoms with Crippen molar-refractivity contribution in [2.24, 2.45) is 0 Å². The van der Waals surface area contributed by atoms with E-state index in [2.05, 4.69) is 10.1 Å². The number of rotatable bonds is 7. The Morgan fingerprint density at radius 1 is 1.27 bits per heavy atom. The van der Waals surface area contributed by atoms with Crippen LogP contribution >= 0.6 is 0 Å². The molecular weight excluding hydrogens is 406 g/mol. The van der Waals surface area contributed by atoms with Crippen LogP contribution in [0, 0.1) is 0 Å². The van der Waals surface area contributed by atoms with Crippen molar-refractivity contribution in [1.29, 1.82) is 0 Å². The quantitative estimate of drug-likeness (QED) is 0.661. The number of ether oxygens (including phenoxy) is 3. The van der Waals surface area contributed by atoms with E-state index in [1.165, 1.54) is 19.2 Å². The summed E-state index contributed by atoms with van der Waals surface area (Å²) in [6.45, 7) is 2.07. The first-order valence-corrected chi connectivity index (χ1v) is 8.97. The maximum atomic E-state index is 12.3. The van der Waals surface area contributed by atoms with Crippen LogP contribution in [0.2, 0.25) is 0 Å². The van der Waals surface area contributed by atoms with E-state index in [-0.39, 0.29) is 18.8 Å². The Bertz CT molecular complexity index is 906. The summed E-state index contributed by atoms with van der Waals surface area (Å²) in [6, 6.07) is 7.61. The molecule has 2 aromatic rings. The fraction of sp³-hybridized carbons (Fsp3) is 0.316. The molecule has 0 spiro atoms. The van der Waals surface area contributed by atoms with Crippen LogP contribution in [0.15, 0.2) is 36.4 Å². The minimum absolute atomic E-state index is 0.0904. The van der Waals surface area contributed by atoms with Gasteiger partial charge in [0, 0.05) is 11.0 Å².